The summed E-state index contributed by atoms with van der Waals surface area (Å²) in [6.45, 7) is 6.16. The first kappa shape index (κ1) is 32.4. The maximum atomic E-state index is 14.0. The fourth-order valence-electron chi connectivity index (χ4n) is 6.80. The van der Waals surface area contributed by atoms with Crippen LogP contribution in [0.3, 0.4) is 0 Å². The van der Waals surface area contributed by atoms with E-state index in [0.29, 0.717) is 62.0 Å². The molecular formula is C35H44N6O6. The van der Waals surface area contributed by atoms with Gasteiger partial charge in [0.2, 0.25) is 24.4 Å². The van der Waals surface area contributed by atoms with Crippen molar-refractivity contribution in [1.82, 2.24) is 29.8 Å². The van der Waals surface area contributed by atoms with Gasteiger partial charge in [0.1, 0.15) is 6.04 Å². The lowest BCUT2D eigenvalue weighted by atomic mass is 10.1. The number of benzene rings is 2. The van der Waals surface area contributed by atoms with Crippen molar-refractivity contribution in [3.8, 4) is 17.2 Å². The van der Waals surface area contributed by atoms with Gasteiger partial charge in [0, 0.05) is 63.1 Å². The number of aromatic nitrogens is 2. The van der Waals surface area contributed by atoms with E-state index in [2.05, 4.69) is 15.3 Å². The molecule has 2 aromatic carbocycles. The van der Waals surface area contributed by atoms with E-state index in [1.165, 1.54) is 0 Å². The molecular weight excluding hydrogens is 600 g/mol. The molecule has 3 aliphatic rings. The first-order valence-electron chi connectivity index (χ1n) is 16.5. The smallest absolute Gasteiger partial charge is 0.254 e. The monoisotopic (exact) mass is 644 g/mol. The largest absolute Gasteiger partial charge is 0.493 e. The number of carbonyl (C=O) groups excluding carboxylic acids is 3. The number of hydrogen-bond acceptors (Lipinski definition) is 8. The van der Waals surface area contributed by atoms with Gasteiger partial charge in [-0.1, -0.05) is 18.2 Å². The van der Waals surface area contributed by atoms with Gasteiger partial charge in [-0.05, 0) is 75.0 Å². The van der Waals surface area contributed by atoms with Crippen molar-refractivity contribution in [2.24, 2.45) is 0 Å². The van der Waals surface area contributed by atoms with Crippen molar-refractivity contribution in [2.45, 2.75) is 64.2 Å². The third-order valence-corrected chi connectivity index (χ3v) is 9.29. The van der Waals surface area contributed by atoms with E-state index < -0.39 is 6.04 Å². The summed E-state index contributed by atoms with van der Waals surface area (Å²) in [6.07, 6.45) is 4.78. The molecule has 12 nitrogen and oxygen atoms in total. The Bertz CT molecular complexity index is 1560. The number of rotatable bonds is 7. The maximum Gasteiger partial charge on any atom is 0.254 e. The summed E-state index contributed by atoms with van der Waals surface area (Å²) in [5, 5.41) is 7.40. The third kappa shape index (κ3) is 7.54. The van der Waals surface area contributed by atoms with Gasteiger partial charge in [-0.25, -0.2) is 0 Å². The summed E-state index contributed by atoms with van der Waals surface area (Å²) in [5.74, 6) is 1.60. The number of hydrogen-bond donors (Lipinski definition) is 1. The average molecular weight is 645 g/mol. The third-order valence-electron chi connectivity index (χ3n) is 9.29. The molecule has 0 unspecified atom stereocenters. The molecule has 3 aliphatic heterocycles. The summed E-state index contributed by atoms with van der Waals surface area (Å²) < 4.78 is 18.6. The SMILES string of the molecule is COc1cc(CN2CCCCNC(=O)[C@@H]3C[C@@H](CN3C(=O)CCn3nccc3C)N(C(=O)c3ccccc3)CCC2)cc2c1OCO2. The van der Waals surface area contributed by atoms with Gasteiger partial charge in [0.05, 0.1) is 13.2 Å². The fraction of sp³-hybridized carbons (Fsp3) is 0.486. The van der Waals surface area contributed by atoms with Crippen LogP contribution in [0.25, 0.3) is 0 Å². The number of ether oxygens (including phenoxy) is 3. The summed E-state index contributed by atoms with van der Waals surface area (Å²) in [6, 6.07) is 14.2. The van der Waals surface area contributed by atoms with Crippen molar-refractivity contribution < 1.29 is 28.6 Å². The predicted octanol–water partition coefficient (Wildman–Crippen LogP) is 3.23. The van der Waals surface area contributed by atoms with Gasteiger partial charge >= 0.3 is 0 Å². The minimum atomic E-state index is -0.627. The molecule has 0 aliphatic carbocycles. The van der Waals surface area contributed by atoms with Crippen LogP contribution in [0.1, 0.15) is 53.7 Å². The van der Waals surface area contributed by atoms with E-state index in [1.54, 1.807) is 22.9 Å². The molecule has 12 heteroatoms. The predicted molar refractivity (Wildman–Crippen MR) is 174 cm³/mol. The van der Waals surface area contributed by atoms with E-state index in [9.17, 15) is 14.4 Å². The van der Waals surface area contributed by atoms with Crippen LogP contribution in [0.4, 0.5) is 0 Å². The van der Waals surface area contributed by atoms with Gasteiger partial charge in [-0.15, -0.1) is 0 Å². The number of carbonyl (C=O) groups is 3. The highest BCUT2D eigenvalue weighted by molar-refractivity contribution is 5.95. The van der Waals surface area contributed by atoms with E-state index in [1.807, 2.05) is 60.4 Å². The normalized spacial score (nSPS) is 20.5. The Balaban J connectivity index is 1.21. The molecule has 3 aromatic rings. The second kappa shape index (κ2) is 14.9. The minimum absolute atomic E-state index is 0.0876. The molecule has 0 spiro atoms. The van der Waals surface area contributed by atoms with E-state index in [0.717, 1.165) is 43.6 Å². The number of nitrogens with zero attached hydrogens (tertiary/aromatic N) is 5. The second-order valence-corrected chi connectivity index (χ2v) is 12.4. The van der Waals surface area contributed by atoms with Gasteiger partial charge in [-0.2, -0.15) is 5.10 Å². The van der Waals surface area contributed by atoms with Gasteiger partial charge in [0.15, 0.2) is 11.5 Å². The maximum absolute atomic E-state index is 14.0. The van der Waals surface area contributed by atoms with E-state index in [4.69, 9.17) is 14.2 Å². The summed E-state index contributed by atoms with van der Waals surface area (Å²) in [4.78, 5) is 47.2. The Morgan fingerprint density at radius 1 is 1.02 bits per heavy atom. The second-order valence-electron chi connectivity index (χ2n) is 12.4. The van der Waals surface area contributed by atoms with E-state index in [-0.39, 0.29) is 37.0 Å². The fourth-order valence-corrected chi connectivity index (χ4v) is 6.80. The first-order valence-corrected chi connectivity index (χ1v) is 16.5. The molecule has 6 rings (SSSR count). The summed E-state index contributed by atoms with van der Waals surface area (Å²) in [7, 11) is 1.62. The lowest BCUT2D eigenvalue weighted by Crippen LogP contribution is -2.46. The zero-order chi connectivity index (χ0) is 32.8. The highest BCUT2D eigenvalue weighted by Crippen LogP contribution is 2.42. The lowest BCUT2D eigenvalue weighted by Gasteiger charge is -2.31. The van der Waals surface area contributed by atoms with Crippen molar-refractivity contribution in [3.05, 3.63) is 71.5 Å². The van der Waals surface area contributed by atoms with Crippen LogP contribution in [-0.2, 0) is 22.7 Å². The molecule has 2 fully saturated rings. The Morgan fingerprint density at radius 2 is 1.85 bits per heavy atom. The van der Waals surface area contributed by atoms with E-state index >= 15 is 0 Å². The molecule has 47 heavy (non-hydrogen) atoms. The number of methoxy groups -OCH3 is 1. The zero-order valence-corrected chi connectivity index (χ0v) is 27.2. The first-order chi connectivity index (χ1) is 22.9. The molecule has 2 saturated heterocycles. The van der Waals surface area contributed by atoms with Crippen LogP contribution in [0.2, 0.25) is 0 Å². The standard InChI is InChI=1S/C35H44N6O6/c1-25-11-14-37-41(25)18-12-32(42)40-23-28-21-29(40)34(43)36-13-6-7-15-38(16-8-17-39(28)35(44)27-9-4-3-5-10-27)22-26-19-30(45-2)33-31(20-26)46-24-47-33/h3-5,9-11,14,19-20,28-29H,6-8,12-13,15-18,21-24H2,1-2H3,(H,36,43)/t28-,29-/m0/s1. The van der Waals surface area contributed by atoms with Crippen LogP contribution < -0.4 is 19.5 Å². The molecule has 0 radical (unpaired) electrons. The number of amides is 3. The number of aryl methyl sites for hydroxylation is 2. The summed E-state index contributed by atoms with van der Waals surface area (Å²) >= 11 is 0. The Morgan fingerprint density at radius 3 is 2.64 bits per heavy atom. The van der Waals surface area contributed by atoms with Gasteiger partial charge < -0.3 is 29.3 Å². The zero-order valence-electron chi connectivity index (χ0n) is 27.2. The Hall–Kier alpha value is -4.58. The minimum Gasteiger partial charge on any atom is -0.493 e. The van der Waals surface area contributed by atoms with Crippen LogP contribution in [0.15, 0.2) is 54.7 Å². The lowest BCUT2D eigenvalue weighted by molar-refractivity contribution is -0.138. The molecule has 4 heterocycles. The average Bonchev–Trinajstić information content (AvgIpc) is 3.84. The van der Waals surface area contributed by atoms with Crippen molar-refractivity contribution >= 4 is 17.7 Å². The Labute approximate surface area is 275 Å². The molecule has 1 aromatic heterocycles. The van der Waals surface area contributed by atoms with Crippen LogP contribution in [0.5, 0.6) is 17.2 Å². The highest BCUT2D eigenvalue weighted by atomic mass is 16.7. The van der Waals surface area contributed by atoms with Crippen molar-refractivity contribution in [1.29, 1.82) is 0 Å². The molecule has 3 amide bonds. The molecule has 250 valence electrons. The van der Waals surface area contributed by atoms with Gasteiger partial charge in [-0.3, -0.25) is 24.0 Å². The molecule has 1 N–H and O–H groups in total. The molecule has 2 bridgehead atoms. The van der Waals surface area contributed by atoms with Crippen LogP contribution in [-0.4, -0.2) is 101 Å². The number of nitrogens with one attached hydrogen (secondary N) is 1. The summed E-state index contributed by atoms with van der Waals surface area (Å²) in [5.41, 5.74) is 2.62. The molecule has 2 atom stereocenters. The number of fused-ring (bicyclic) bond motifs is 3. The van der Waals surface area contributed by atoms with Crippen LogP contribution in [0, 0.1) is 6.92 Å². The number of likely N-dealkylation sites (tertiary alicyclic amines) is 1. The Kier molecular flexibility index (Phi) is 10.3. The van der Waals surface area contributed by atoms with Gasteiger partial charge in [0.25, 0.3) is 5.91 Å². The molecule has 0 saturated carbocycles. The van der Waals surface area contributed by atoms with Crippen molar-refractivity contribution in [2.75, 3.05) is 46.6 Å². The van der Waals surface area contributed by atoms with Crippen molar-refractivity contribution in [3.63, 3.8) is 0 Å². The highest BCUT2D eigenvalue weighted by Gasteiger charge is 2.43. The van der Waals surface area contributed by atoms with Crippen LogP contribution >= 0.6 is 0 Å². The topological polar surface area (TPSA) is 118 Å². The quantitative estimate of drug-likeness (QED) is 0.417.